The molecule has 1 fully saturated rings. The summed E-state index contributed by atoms with van der Waals surface area (Å²) in [7, 11) is 1.64. The number of carbonyl (C=O) groups excluding carboxylic acids is 1. The fourth-order valence-electron chi connectivity index (χ4n) is 4.34. The number of carbonyl (C=O) groups is 1. The van der Waals surface area contributed by atoms with E-state index in [-0.39, 0.29) is 5.91 Å². The van der Waals surface area contributed by atoms with Gasteiger partial charge in [0.15, 0.2) is 0 Å². The number of amides is 1. The second kappa shape index (κ2) is 10.5. The molecule has 1 aliphatic rings. The van der Waals surface area contributed by atoms with Gasteiger partial charge in [0.25, 0.3) is 5.91 Å². The second-order valence-electron chi connectivity index (χ2n) is 8.58. The first-order valence-electron chi connectivity index (χ1n) is 11.4. The number of ether oxygens (including phenoxy) is 1. The molecule has 1 aliphatic heterocycles. The van der Waals surface area contributed by atoms with Crippen LogP contribution < -0.4 is 15.4 Å². The van der Waals surface area contributed by atoms with E-state index in [2.05, 4.69) is 22.5 Å². The van der Waals surface area contributed by atoms with Crippen molar-refractivity contribution in [3.05, 3.63) is 60.2 Å². The van der Waals surface area contributed by atoms with Crippen molar-refractivity contribution < 1.29 is 9.53 Å². The molecule has 6 nitrogen and oxygen atoms in total. The van der Waals surface area contributed by atoms with Gasteiger partial charge in [0.1, 0.15) is 11.6 Å². The molecular formula is C26H32N4O2. The van der Waals surface area contributed by atoms with E-state index >= 15 is 0 Å². The van der Waals surface area contributed by atoms with Crippen molar-refractivity contribution in [1.29, 1.82) is 0 Å². The van der Waals surface area contributed by atoms with Gasteiger partial charge in [-0.15, -0.1) is 0 Å². The molecule has 0 bridgehead atoms. The summed E-state index contributed by atoms with van der Waals surface area (Å²) in [6.07, 6.45) is 3.56. The van der Waals surface area contributed by atoms with E-state index in [1.165, 1.54) is 25.9 Å². The lowest BCUT2D eigenvalue weighted by Crippen LogP contribution is -2.36. The van der Waals surface area contributed by atoms with E-state index in [1.54, 1.807) is 7.11 Å². The molecule has 2 heterocycles. The summed E-state index contributed by atoms with van der Waals surface area (Å²) in [6, 6.07) is 17.2. The molecule has 0 aliphatic carbocycles. The van der Waals surface area contributed by atoms with Crippen LogP contribution in [0.3, 0.4) is 0 Å². The maximum atomic E-state index is 13.1. The van der Waals surface area contributed by atoms with Crippen LogP contribution in [0.15, 0.2) is 54.6 Å². The Hall–Kier alpha value is -3.12. The molecular weight excluding hydrogens is 400 g/mol. The first kappa shape index (κ1) is 22.1. The molecule has 1 aromatic heterocycles. The van der Waals surface area contributed by atoms with E-state index in [4.69, 9.17) is 9.72 Å². The van der Waals surface area contributed by atoms with Gasteiger partial charge in [-0.3, -0.25) is 4.79 Å². The number of methoxy groups -OCH3 is 1. The Labute approximate surface area is 190 Å². The topological polar surface area (TPSA) is 66.5 Å². The van der Waals surface area contributed by atoms with Crippen molar-refractivity contribution in [1.82, 2.24) is 15.2 Å². The van der Waals surface area contributed by atoms with Gasteiger partial charge in [-0.05, 0) is 74.7 Å². The molecule has 0 spiro atoms. The molecule has 2 N–H and O–H groups in total. The summed E-state index contributed by atoms with van der Waals surface area (Å²) >= 11 is 0. The van der Waals surface area contributed by atoms with Gasteiger partial charge in [0.2, 0.25) is 0 Å². The highest BCUT2D eigenvalue weighted by atomic mass is 16.5. The van der Waals surface area contributed by atoms with Gasteiger partial charge in [-0.1, -0.05) is 25.1 Å². The summed E-state index contributed by atoms with van der Waals surface area (Å²) < 4.78 is 5.22. The maximum Gasteiger partial charge on any atom is 0.252 e. The highest BCUT2D eigenvalue weighted by Crippen LogP contribution is 2.24. The zero-order valence-electron chi connectivity index (χ0n) is 18.9. The van der Waals surface area contributed by atoms with Crippen LogP contribution in [-0.4, -0.2) is 49.1 Å². The fourth-order valence-corrected chi connectivity index (χ4v) is 4.34. The number of likely N-dealkylation sites (tertiary alicyclic amines) is 1. The molecule has 1 amide bonds. The highest BCUT2D eigenvalue weighted by Gasteiger charge is 2.16. The van der Waals surface area contributed by atoms with Crippen LogP contribution in [0.1, 0.15) is 36.5 Å². The Bertz CT molecular complexity index is 1050. The van der Waals surface area contributed by atoms with E-state index in [0.717, 1.165) is 41.2 Å². The third-order valence-electron chi connectivity index (χ3n) is 6.00. The number of anilines is 2. The fraction of sp³-hybridized carbons (Fsp3) is 0.385. The number of para-hydroxylation sites is 1. The molecule has 4 rings (SSSR count). The summed E-state index contributed by atoms with van der Waals surface area (Å²) in [6.45, 7) is 6.37. The molecule has 32 heavy (non-hydrogen) atoms. The van der Waals surface area contributed by atoms with Crippen LogP contribution in [0.4, 0.5) is 11.5 Å². The number of aromatic nitrogens is 1. The second-order valence-corrected chi connectivity index (χ2v) is 8.58. The van der Waals surface area contributed by atoms with Gasteiger partial charge in [0, 0.05) is 24.2 Å². The Morgan fingerprint density at radius 2 is 2.00 bits per heavy atom. The summed E-state index contributed by atoms with van der Waals surface area (Å²) in [5, 5.41) is 7.27. The number of benzene rings is 2. The lowest BCUT2D eigenvalue weighted by Gasteiger charge is -2.30. The third kappa shape index (κ3) is 5.56. The molecule has 0 radical (unpaired) electrons. The molecule has 168 valence electrons. The lowest BCUT2D eigenvalue weighted by atomic mass is 10.0. The van der Waals surface area contributed by atoms with Gasteiger partial charge in [0.05, 0.1) is 18.2 Å². The van der Waals surface area contributed by atoms with Crippen molar-refractivity contribution in [2.24, 2.45) is 5.92 Å². The van der Waals surface area contributed by atoms with Crippen molar-refractivity contribution in [2.45, 2.75) is 26.2 Å². The van der Waals surface area contributed by atoms with Crippen molar-refractivity contribution >= 4 is 28.3 Å². The van der Waals surface area contributed by atoms with Gasteiger partial charge in [-0.25, -0.2) is 4.98 Å². The summed E-state index contributed by atoms with van der Waals surface area (Å²) in [5.41, 5.74) is 2.31. The predicted molar refractivity (Wildman–Crippen MR) is 130 cm³/mol. The molecule has 6 heteroatoms. The van der Waals surface area contributed by atoms with Crippen LogP contribution in [0.25, 0.3) is 10.9 Å². The van der Waals surface area contributed by atoms with Crippen molar-refractivity contribution in [2.75, 3.05) is 38.6 Å². The molecule has 3 aromatic rings. The van der Waals surface area contributed by atoms with E-state index < -0.39 is 0 Å². The van der Waals surface area contributed by atoms with Crippen LogP contribution in [0.5, 0.6) is 5.75 Å². The van der Waals surface area contributed by atoms with E-state index in [0.29, 0.717) is 17.9 Å². The number of hydrogen-bond donors (Lipinski definition) is 2. The standard InChI is InChI=1S/C26H32N4O2/c1-19-7-5-15-30(18-19)16-6-14-27-26(31)23-17-25(29-24-9-4-3-8-22(23)24)28-20-10-12-21(32-2)13-11-20/h3-4,8-13,17,19H,5-7,14-16,18H2,1-2H3,(H,27,31)(H,28,29)/t19-/m0/s1. The van der Waals surface area contributed by atoms with E-state index in [9.17, 15) is 4.79 Å². The Morgan fingerprint density at radius 3 is 2.78 bits per heavy atom. The number of piperidine rings is 1. The Kier molecular flexibility index (Phi) is 7.22. The molecule has 2 aromatic carbocycles. The van der Waals surface area contributed by atoms with Gasteiger partial charge in [-0.2, -0.15) is 0 Å². The van der Waals surface area contributed by atoms with Crippen LogP contribution in [0, 0.1) is 5.92 Å². The molecule has 1 saturated heterocycles. The minimum absolute atomic E-state index is 0.0617. The zero-order chi connectivity index (χ0) is 22.3. The molecule has 0 unspecified atom stereocenters. The monoisotopic (exact) mass is 432 g/mol. The van der Waals surface area contributed by atoms with Crippen LogP contribution in [-0.2, 0) is 0 Å². The lowest BCUT2D eigenvalue weighted by molar-refractivity contribution is 0.0951. The first-order chi connectivity index (χ1) is 15.6. The SMILES string of the molecule is COc1ccc(Nc2cc(C(=O)NCCCN3CCC[C@H](C)C3)c3ccccc3n2)cc1. The average Bonchev–Trinajstić information content (AvgIpc) is 2.82. The first-order valence-corrected chi connectivity index (χ1v) is 11.4. The maximum absolute atomic E-state index is 13.1. The number of rotatable bonds is 8. The smallest absolute Gasteiger partial charge is 0.252 e. The van der Waals surface area contributed by atoms with Crippen molar-refractivity contribution in [3.63, 3.8) is 0 Å². The van der Waals surface area contributed by atoms with Crippen LogP contribution in [0.2, 0.25) is 0 Å². The minimum Gasteiger partial charge on any atom is -0.497 e. The average molecular weight is 433 g/mol. The third-order valence-corrected chi connectivity index (χ3v) is 6.00. The predicted octanol–water partition coefficient (Wildman–Crippen LogP) is 4.84. The van der Waals surface area contributed by atoms with Crippen LogP contribution >= 0.6 is 0 Å². The quantitative estimate of drug-likeness (QED) is 0.499. The number of pyridine rings is 1. The number of nitrogens with zero attached hydrogens (tertiary/aromatic N) is 2. The van der Waals surface area contributed by atoms with Crippen molar-refractivity contribution in [3.8, 4) is 5.75 Å². The van der Waals surface area contributed by atoms with Gasteiger partial charge >= 0.3 is 0 Å². The highest BCUT2D eigenvalue weighted by molar-refractivity contribution is 6.07. The zero-order valence-corrected chi connectivity index (χ0v) is 18.9. The largest absolute Gasteiger partial charge is 0.497 e. The Balaban J connectivity index is 1.43. The number of hydrogen-bond acceptors (Lipinski definition) is 5. The molecule has 1 atom stereocenters. The molecule has 0 saturated carbocycles. The summed E-state index contributed by atoms with van der Waals surface area (Å²) in [4.78, 5) is 20.3. The number of fused-ring (bicyclic) bond motifs is 1. The Morgan fingerprint density at radius 1 is 1.19 bits per heavy atom. The van der Waals surface area contributed by atoms with Gasteiger partial charge < -0.3 is 20.3 Å². The summed E-state index contributed by atoms with van der Waals surface area (Å²) in [5.74, 6) is 2.15. The minimum atomic E-state index is -0.0617. The number of nitrogens with one attached hydrogen (secondary N) is 2. The normalized spacial score (nSPS) is 16.6. The van der Waals surface area contributed by atoms with E-state index in [1.807, 2.05) is 54.6 Å².